The van der Waals surface area contributed by atoms with Crippen molar-refractivity contribution in [2.24, 2.45) is 0 Å². The molecule has 0 aliphatic carbocycles. The van der Waals surface area contributed by atoms with E-state index in [1.807, 2.05) is 41.3 Å². The average Bonchev–Trinajstić information content (AvgIpc) is 2.79. The van der Waals surface area contributed by atoms with E-state index in [4.69, 9.17) is 0 Å². The van der Waals surface area contributed by atoms with Gasteiger partial charge in [0, 0.05) is 37.3 Å². The number of nitrogens with zero attached hydrogens (tertiary/aromatic N) is 4. The standard InChI is InChI=1S/C26H30N4O/c1-19-7-5-6-8-22(19)23-13-14-24(28-27-23)29-15-17-30(18-16-29)25(31)20-9-11-21(12-10-20)26(2,3)4/h5-14H,15-18H2,1-4H3. The summed E-state index contributed by atoms with van der Waals surface area (Å²) >= 11 is 0. The molecular weight excluding hydrogens is 384 g/mol. The molecule has 1 amide bonds. The molecule has 0 N–H and O–H groups in total. The number of hydrogen-bond acceptors (Lipinski definition) is 4. The Morgan fingerprint density at radius 3 is 2.10 bits per heavy atom. The number of rotatable bonds is 3. The maximum atomic E-state index is 12.9. The van der Waals surface area contributed by atoms with Crippen LogP contribution in [0.25, 0.3) is 11.3 Å². The van der Waals surface area contributed by atoms with Crippen LogP contribution >= 0.6 is 0 Å². The molecule has 1 saturated heterocycles. The van der Waals surface area contributed by atoms with Crippen molar-refractivity contribution in [3.63, 3.8) is 0 Å². The lowest BCUT2D eigenvalue weighted by molar-refractivity contribution is 0.0746. The van der Waals surface area contributed by atoms with Crippen molar-refractivity contribution in [3.05, 3.63) is 77.4 Å². The molecule has 3 aromatic rings. The molecule has 0 spiro atoms. The SMILES string of the molecule is Cc1ccccc1-c1ccc(N2CCN(C(=O)c3ccc(C(C)(C)C)cc3)CC2)nn1. The molecule has 0 unspecified atom stereocenters. The van der Waals surface area contributed by atoms with Gasteiger partial charge in [0.1, 0.15) is 0 Å². The van der Waals surface area contributed by atoms with E-state index in [-0.39, 0.29) is 11.3 Å². The van der Waals surface area contributed by atoms with Crippen LogP contribution in [0.1, 0.15) is 42.3 Å². The lowest BCUT2D eigenvalue weighted by atomic mass is 9.86. The molecule has 0 bridgehead atoms. The summed E-state index contributed by atoms with van der Waals surface area (Å²) in [6.07, 6.45) is 0. The maximum absolute atomic E-state index is 12.9. The van der Waals surface area contributed by atoms with Gasteiger partial charge in [0.25, 0.3) is 5.91 Å². The number of aromatic nitrogens is 2. The Bertz CT molecular complexity index is 1040. The van der Waals surface area contributed by atoms with E-state index >= 15 is 0 Å². The highest BCUT2D eigenvalue weighted by Gasteiger charge is 2.23. The van der Waals surface area contributed by atoms with Crippen molar-refractivity contribution < 1.29 is 4.79 Å². The topological polar surface area (TPSA) is 49.3 Å². The molecule has 2 aromatic carbocycles. The quantitative estimate of drug-likeness (QED) is 0.623. The van der Waals surface area contributed by atoms with Gasteiger partial charge in [-0.2, -0.15) is 0 Å². The summed E-state index contributed by atoms with van der Waals surface area (Å²) in [5, 5.41) is 8.90. The third-order valence-corrected chi connectivity index (χ3v) is 5.96. The summed E-state index contributed by atoms with van der Waals surface area (Å²) in [5.74, 6) is 0.958. The first-order chi connectivity index (χ1) is 14.8. The van der Waals surface area contributed by atoms with E-state index < -0.39 is 0 Å². The lowest BCUT2D eigenvalue weighted by Gasteiger charge is -2.35. The molecule has 1 fully saturated rings. The number of piperazine rings is 1. The van der Waals surface area contributed by atoms with Gasteiger partial charge in [0.05, 0.1) is 5.69 Å². The molecule has 160 valence electrons. The van der Waals surface area contributed by atoms with Crippen LogP contribution in [0.4, 0.5) is 5.82 Å². The molecule has 31 heavy (non-hydrogen) atoms. The number of hydrogen-bond donors (Lipinski definition) is 0. The molecular formula is C26H30N4O. The maximum Gasteiger partial charge on any atom is 0.253 e. The van der Waals surface area contributed by atoms with Gasteiger partial charge in [-0.15, -0.1) is 10.2 Å². The van der Waals surface area contributed by atoms with Crippen molar-refractivity contribution in [3.8, 4) is 11.3 Å². The summed E-state index contributed by atoms with van der Waals surface area (Å²) in [5.41, 5.74) is 5.25. The molecule has 0 saturated carbocycles. The fraction of sp³-hybridized carbons (Fsp3) is 0.346. The summed E-state index contributed by atoms with van der Waals surface area (Å²) in [6.45, 7) is 11.5. The Kier molecular flexibility index (Phi) is 5.77. The molecule has 4 rings (SSSR count). The number of amides is 1. The number of aryl methyl sites for hydroxylation is 1. The number of carbonyl (C=O) groups is 1. The molecule has 1 aliphatic heterocycles. The Morgan fingerprint density at radius 2 is 1.52 bits per heavy atom. The number of benzene rings is 2. The van der Waals surface area contributed by atoms with Crippen LogP contribution in [0.2, 0.25) is 0 Å². The molecule has 5 nitrogen and oxygen atoms in total. The Labute approximate surface area is 184 Å². The molecule has 1 aromatic heterocycles. The van der Waals surface area contributed by atoms with Gasteiger partial charge in [0.15, 0.2) is 5.82 Å². The van der Waals surface area contributed by atoms with Gasteiger partial charge in [0.2, 0.25) is 0 Å². The van der Waals surface area contributed by atoms with Crippen LogP contribution in [-0.4, -0.2) is 47.2 Å². The zero-order chi connectivity index (χ0) is 22.0. The molecule has 2 heterocycles. The summed E-state index contributed by atoms with van der Waals surface area (Å²) in [6, 6.07) is 20.3. The van der Waals surface area contributed by atoms with Crippen LogP contribution in [-0.2, 0) is 5.41 Å². The Hall–Kier alpha value is -3.21. The van der Waals surface area contributed by atoms with E-state index in [0.29, 0.717) is 13.1 Å². The second-order valence-electron chi connectivity index (χ2n) is 9.20. The number of anilines is 1. The van der Waals surface area contributed by atoms with Gasteiger partial charge >= 0.3 is 0 Å². The molecule has 5 heteroatoms. The van der Waals surface area contributed by atoms with Gasteiger partial charge in [-0.1, -0.05) is 57.2 Å². The number of carbonyl (C=O) groups excluding carboxylic acids is 1. The van der Waals surface area contributed by atoms with Crippen molar-refractivity contribution in [2.45, 2.75) is 33.1 Å². The summed E-state index contributed by atoms with van der Waals surface area (Å²) in [4.78, 5) is 17.0. The smallest absolute Gasteiger partial charge is 0.253 e. The van der Waals surface area contributed by atoms with E-state index in [1.54, 1.807) is 0 Å². The third-order valence-electron chi connectivity index (χ3n) is 5.96. The zero-order valence-corrected chi connectivity index (χ0v) is 18.8. The highest BCUT2D eigenvalue weighted by atomic mass is 16.2. The van der Waals surface area contributed by atoms with Crippen LogP contribution < -0.4 is 4.90 Å². The van der Waals surface area contributed by atoms with Crippen molar-refractivity contribution >= 4 is 11.7 Å². The van der Waals surface area contributed by atoms with Crippen molar-refractivity contribution in [2.75, 3.05) is 31.1 Å². The minimum Gasteiger partial charge on any atom is -0.352 e. The second-order valence-corrected chi connectivity index (χ2v) is 9.20. The minimum absolute atomic E-state index is 0.0863. The molecule has 0 radical (unpaired) electrons. The lowest BCUT2D eigenvalue weighted by Crippen LogP contribution is -2.49. The van der Waals surface area contributed by atoms with E-state index in [1.165, 1.54) is 11.1 Å². The van der Waals surface area contributed by atoms with Gasteiger partial charge in [-0.05, 0) is 47.7 Å². The predicted octanol–water partition coefficient (Wildman–Crippen LogP) is 4.71. The van der Waals surface area contributed by atoms with Crippen LogP contribution in [0.5, 0.6) is 0 Å². The minimum atomic E-state index is 0.0863. The van der Waals surface area contributed by atoms with Crippen molar-refractivity contribution in [1.82, 2.24) is 15.1 Å². The Morgan fingerprint density at radius 1 is 0.839 bits per heavy atom. The fourth-order valence-electron chi connectivity index (χ4n) is 3.93. The molecule has 0 atom stereocenters. The van der Waals surface area contributed by atoms with Crippen molar-refractivity contribution in [1.29, 1.82) is 0 Å². The highest BCUT2D eigenvalue weighted by Crippen LogP contribution is 2.24. The third kappa shape index (κ3) is 4.61. The monoisotopic (exact) mass is 414 g/mol. The predicted molar refractivity (Wildman–Crippen MR) is 125 cm³/mol. The van der Waals surface area contributed by atoms with Gasteiger partial charge < -0.3 is 9.80 Å². The normalized spacial score (nSPS) is 14.6. The average molecular weight is 415 g/mol. The van der Waals surface area contributed by atoms with E-state index in [2.05, 4.69) is 67.1 Å². The van der Waals surface area contributed by atoms with Crippen LogP contribution in [0.3, 0.4) is 0 Å². The van der Waals surface area contributed by atoms with E-state index in [9.17, 15) is 4.79 Å². The summed E-state index contributed by atoms with van der Waals surface area (Å²) in [7, 11) is 0. The van der Waals surface area contributed by atoms with E-state index in [0.717, 1.165) is 35.7 Å². The van der Waals surface area contributed by atoms with Gasteiger partial charge in [-0.3, -0.25) is 4.79 Å². The summed E-state index contributed by atoms with van der Waals surface area (Å²) < 4.78 is 0. The van der Waals surface area contributed by atoms with Crippen LogP contribution in [0.15, 0.2) is 60.7 Å². The van der Waals surface area contributed by atoms with Crippen LogP contribution in [0, 0.1) is 6.92 Å². The molecule has 1 aliphatic rings. The Balaban J connectivity index is 1.38. The zero-order valence-electron chi connectivity index (χ0n) is 18.8. The first-order valence-electron chi connectivity index (χ1n) is 10.9. The second kappa shape index (κ2) is 8.50. The highest BCUT2D eigenvalue weighted by molar-refractivity contribution is 5.94. The largest absolute Gasteiger partial charge is 0.352 e. The van der Waals surface area contributed by atoms with Gasteiger partial charge in [-0.25, -0.2) is 0 Å². The fourth-order valence-corrected chi connectivity index (χ4v) is 3.93. The first kappa shape index (κ1) is 21.0. The first-order valence-corrected chi connectivity index (χ1v) is 10.9.